The quantitative estimate of drug-likeness (QED) is 0.664. The summed E-state index contributed by atoms with van der Waals surface area (Å²) in [6.45, 7) is 3.97. The maximum absolute atomic E-state index is 11.4. The van der Waals surface area contributed by atoms with E-state index >= 15 is 0 Å². The van der Waals surface area contributed by atoms with Crippen LogP contribution in [0, 0.1) is 5.92 Å². The van der Waals surface area contributed by atoms with Crippen molar-refractivity contribution in [2.45, 2.75) is 51.6 Å². The first kappa shape index (κ1) is 13.0. The van der Waals surface area contributed by atoms with E-state index in [-0.39, 0.29) is 11.9 Å². The third kappa shape index (κ3) is 4.18. The second-order valence-corrected chi connectivity index (χ2v) is 4.71. The number of rotatable bonds is 3. The molecule has 0 heterocycles. The van der Waals surface area contributed by atoms with E-state index in [0.717, 1.165) is 12.8 Å². The Morgan fingerprint density at radius 1 is 1.38 bits per heavy atom. The summed E-state index contributed by atoms with van der Waals surface area (Å²) >= 11 is 0. The molecule has 5 heteroatoms. The van der Waals surface area contributed by atoms with Crippen molar-refractivity contribution in [1.29, 1.82) is 0 Å². The Kier molecular flexibility index (Phi) is 4.73. The number of hydrogen-bond donors (Lipinski definition) is 3. The van der Waals surface area contributed by atoms with Crippen LogP contribution in [0.4, 0.5) is 4.79 Å². The van der Waals surface area contributed by atoms with E-state index in [9.17, 15) is 9.59 Å². The Morgan fingerprint density at radius 2 is 2.06 bits per heavy atom. The van der Waals surface area contributed by atoms with Gasteiger partial charge in [-0.25, -0.2) is 4.79 Å². The van der Waals surface area contributed by atoms with E-state index in [2.05, 4.69) is 17.6 Å². The van der Waals surface area contributed by atoms with Gasteiger partial charge in [0.1, 0.15) is 0 Å². The lowest BCUT2D eigenvalue weighted by atomic mass is 9.87. The van der Waals surface area contributed by atoms with Crippen LogP contribution < -0.4 is 16.4 Å². The van der Waals surface area contributed by atoms with Gasteiger partial charge in [-0.15, -0.1) is 0 Å². The zero-order valence-electron chi connectivity index (χ0n) is 9.95. The van der Waals surface area contributed by atoms with Crippen LogP contribution in [0.5, 0.6) is 0 Å². The molecule has 16 heavy (non-hydrogen) atoms. The fourth-order valence-electron chi connectivity index (χ4n) is 2.24. The molecule has 0 spiro atoms. The highest BCUT2D eigenvalue weighted by Crippen LogP contribution is 2.23. The minimum Gasteiger partial charge on any atom is -0.351 e. The van der Waals surface area contributed by atoms with Crippen LogP contribution in [0.2, 0.25) is 0 Å². The summed E-state index contributed by atoms with van der Waals surface area (Å²) in [5.41, 5.74) is 4.89. The maximum Gasteiger partial charge on any atom is 0.318 e. The predicted octanol–water partition coefficient (Wildman–Crippen LogP) is 0.738. The molecule has 3 atom stereocenters. The van der Waals surface area contributed by atoms with Crippen LogP contribution in [-0.2, 0) is 4.79 Å². The molecule has 5 nitrogen and oxygen atoms in total. The monoisotopic (exact) mass is 227 g/mol. The molecule has 92 valence electrons. The molecule has 1 aliphatic carbocycles. The average Bonchev–Trinajstić information content (AvgIpc) is 2.16. The highest BCUT2D eigenvalue weighted by Gasteiger charge is 2.23. The fourth-order valence-corrected chi connectivity index (χ4v) is 2.24. The molecule has 0 aromatic carbocycles. The molecule has 0 aromatic rings. The molecule has 1 rings (SSSR count). The summed E-state index contributed by atoms with van der Waals surface area (Å²) < 4.78 is 0. The summed E-state index contributed by atoms with van der Waals surface area (Å²) in [4.78, 5) is 22.0. The number of hydrogen-bond acceptors (Lipinski definition) is 3. The Bertz CT molecular complexity index is 268. The van der Waals surface area contributed by atoms with Gasteiger partial charge in [-0.05, 0) is 25.7 Å². The summed E-state index contributed by atoms with van der Waals surface area (Å²) in [5.74, 6) is 0.350. The zero-order chi connectivity index (χ0) is 12.1. The first-order valence-corrected chi connectivity index (χ1v) is 5.85. The van der Waals surface area contributed by atoms with E-state index < -0.39 is 6.03 Å². The minimum absolute atomic E-state index is 0.356. The van der Waals surface area contributed by atoms with Crippen molar-refractivity contribution in [3.05, 3.63) is 0 Å². The summed E-state index contributed by atoms with van der Waals surface area (Å²) in [5, 5.41) is 5.32. The third-order valence-electron chi connectivity index (χ3n) is 3.06. The van der Waals surface area contributed by atoms with Crippen LogP contribution >= 0.6 is 0 Å². The van der Waals surface area contributed by atoms with Gasteiger partial charge in [0.2, 0.25) is 5.91 Å². The van der Waals surface area contributed by atoms with Gasteiger partial charge in [-0.3, -0.25) is 10.1 Å². The Hall–Kier alpha value is -1.10. The molecule has 0 bridgehead atoms. The summed E-state index contributed by atoms with van der Waals surface area (Å²) in [6, 6.07) is -0.796. The van der Waals surface area contributed by atoms with Crippen molar-refractivity contribution >= 4 is 11.9 Å². The highest BCUT2D eigenvalue weighted by atomic mass is 16.2. The Labute approximate surface area is 96.1 Å². The number of urea groups is 1. The molecule has 1 aliphatic rings. The highest BCUT2D eigenvalue weighted by molar-refractivity contribution is 5.96. The molecule has 4 N–H and O–H groups in total. The molecular formula is C11H21N3O2. The van der Waals surface area contributed by atoms with Gasteiger partial charge >= 0.3 is 6.03 Å². The van der Waals surface area contributed by atoms with Crippen LogP contribution in [0.15, 0.2) is 0 Å². The van der Waals surface area contributed by atoms with Gasteiger partial charge in [-0.2, -0.15) is 0 Å². The molecule has 0 radical (unpaired) electrons. The number of imide groups is 1. The lowest BCUT2D eigenvalue weighted by Crippen LogP contribution is -2.50. The average molecular weight is 227 g/mol. The summed E-state index contributed by atoms with van der Waals surface area (Å²) in [7, 11) is 0. The normalized spacial score (nSPS) is 27.1. The largest absolute Gasteiger partial charge is 0.351 e. The molecule has 0 aromatic heterocycles. The van der Waals surface area contributed by atoms with Crippen LogP contribution in [-0.4, -0.2) is 24.0 Å². The predicted molar refractivity (Wildman–Crippen MR) is 61.7 cm³/mol. The van der Waals surface area contributed by atoms with Crippen molar-refractivity contribution in [3.8, 4) is 0 Å². The van der Waals surface area contributed by atoms with Gasteiger partial charge < -0.3 is 11.1 Å². The number of nitrogens with one attached hydrogen (secondary N) is 2. The van der Waals surface area contributed by atoms with E-state index in [1.807, 2.05) is 0 Å². The lowest BCUT2D eigenvalue weighted by Gasteiger charge is -2.29. The Morgan fingerprint density at radius 3 is 2.62 bits per heavy atom. The number of carbonyl (C=O) groups excluding carboxylic acids is 2. The molecule has 3 unspecified atom stereocenters. The molecule has 0 saturated heterocycles. The van der Waals surface area contributed by atoms with Crippen molar-refractivity contribution < 1.29 is 9.59 Å². The van der Waals surface area contributed by atoms with E-state index in [0.29, 0.717) is 12.0 Å². The minimum atomic E-state index is -0.796. The SMILES string of the molecule is CC1CCCC(NC(C)C(=O)NC(N)=O)C1. The second kappa shape index (κ2) is 5.84. The maximum atomic E-state index is 11.4. The van der Waals surface area contributed by atoms with Crippen molar-refractivity contribution in [3.63, 3.8) is 0 Å². The van der Waals surface area contributed by atoms with Gasteiger partial charge in [0, 0.05) is 6.04 Å². The molecular weight excluding hydrogens is 206 g/mol. The number of primary amides is 1. The smallest absolute Gasteiger partial charge is 0.318 e. The summed E-state index contributed by atoms with van der Waals surface area (Å²) in [6.07, 6.45) is 4.65. The van der Waals surface area contributed by atoms with Gasteiger partial charge in [-0.1, -0.05) is 19.8 Å². The van der Waals surface area contributed by atoms with Gasteiger partial charge in [0.05, 0.1) is 6.04 Å². The third-order valence-corrected chi connectivity index (χ3v) is 3.06. The van der Waals surface area contributed by atoms with Gasteiger partial charge in [0.15, 0.2) is 0 Å². The van der Waals surface area contributed by atoms with Crippen LogP contribution in [0.25, 0.3) is 0 Å². The standard InChI is InChI=1S/C11H21N3O2/c1-7-4-3-5-9(6-7)13-8(2)10(15)14-11(12)16/h7-9,13H,3-6H2,1-2H3,(H3,12,14,15,16). The number of amides is 3. The van der Waals surface area contributed by atoms with E-state index in [1.54, 1.807) is 6.92 Å². The topological polar surface area (TPSA) is 84.2 Å². The second-order valence-electron chi connectivity index (χ2n) is 4.71. The molecule has 1 saturated carbocycles. The van der Waals surface area contributed by atoms with E-state index in [1.165, 1.54) is 12.8 Å². The zero-order valence-corrected chi connectivity index (χ0v) is 9.95. The Balaban J connectivity index is 2.35. The number of carbonyl (C=O) groups is 2. The van der Waals surface area contributed by atoms with Gasteiger partial charge in [0.25, 0.3) is 0 Å². The number of nitrogens with two attached hydrogens (primary N) is 1. The van der Waals surface area contributed by atoms with Crippen molar-refractivity contribution in [1.82, 2.24) is 10.6 Å². The van der Waals surface area contributed by atoms with Crippen LogP contribution in [0.3, 0.4) is 0 Å². The van der Waals surface area contributed by atoms with Crippen molar-refractivity contribution in [2.24, 2.45) is 11.7 Å². The van der Waals surface area contributed by atoms with Crippen molar-refractivity contribution in [2.75, 3.05) is 0 Å². The molecule has 1 fully saturated rings. The first-order valence-electron chi connectivity index (χ1n) is 5.85. The first-order chi connectivity index (χ1) is 7.49. The van der Waals surface area contributed by atoms with Crippen LogP contribution in [0.1, 0.15) is 39.5 Å². The fraction of sp³-hybridized carbons (Fsp3) is 0.818. The molecule has 3 amide bonds. The lowest BCUT2D eigenvalue weighted by molar-refractivity contribution is -0.121. The van der Waals surface area contributed by atoms with E-state index in [4.69, 9.17) is 5.73 Å². The molecule has 0 aliphatic heterocycles.